The van der Waals surface area contributed by atoms with E-state index in [1.807, 2.05) is 6.07 Å². The van der Waals surface area contributed by atoms with Crippen molar-refractivity contribution in [3.05, 3.63) is 27.7 Å². The molecule has 1 atom stereocenters. The fourth-order valence-electron chi connectivity index (χ4n) is 2.95. The Balaban J connectivity index is 1.95. The van der Waals surface area contributed by atoms with Crippen LogP contribution in [0, 0.1) is 0 Å². The fraction of sp³-hybridized carbons (Fsp3) is 0.538. The van der Waals surface area contributed by atoms with E-state index in [1.54, 1.807) is 7.11 Å². The highest BCUT2D eigenvalue weighted by Crippen LogP contribution is 2.44. The largest absolute Gasteiger partial charge is 0.496 e. The standard InChI is InChI=1S/C13H16BrNO2/c1-17-12-5-9(14)4-8-2-3-11(13(8)12)15-6-10(16)7-15/h4-5,10-11,16H,2-3,6-7H2,1H3/t11-/m1/s1. The van der Waals surface area contributed by atoms with E-state index in [9.17, 15) is 5.11 Å². The van der Waals surface area contributed by atoms with Crippen LogP contribution >= 0.6 is 15.9 Å². The maximum Gasteiger partial charge on any atom is 0.125 e. The minimum atomic E-state index is -0.138. The molecule has 3 rings (SSSR count). The minimum Gasteiger partial charge on any atom is -0.496 e. The first kappa shape index (κ1) is 11.5. The molecule has 0 radical (unpaired) electrons. The lowest BCUT2D eigenvalue weighted by molar-refractivity contribution is -0.0255. The Kier molecular flexibility index (Phi) is 2.89. The van der Waals surface area contributed by atoms with Crippen LogP contribution in [-0.2, 0) is 6.42 Å². The molecule has 0 bridgehead atoms. The Morgan fingerprint density at radius 1 is 1.41 bits per heavy atom. The van der Waals surface area contributed by atoms with Crippen LogP contribution < -0.4 is 4.74 Å². The topological polar surface area (TPSA) is 32.7 Å². The number of fused-ring (bicyclic) bond motifs is 1. The molecule has 1 heterocycles. The van der Waals surface area contributed by atoms with Gasteiger partial charge in [0.25, 0.3) is 0 Å². The number of benzene rings is 1. The molecule has 1 fully saturated rings. The summed E-state index contributed by atoms with van der Waals surface area (Å²) in [4.78, 5) is 2.34. The second-order valence-corrected chi connectivity index (χ2v) is 5.76. The average molecular weight is 298 g/mol. The molecule has 92 valence electrons. The van der Waals surface area contributed by atoms with Gasteiger partial charge >= 0.3 is 0 Å². The predicted molar refractivity (Wildman–Crippen MR) is 69.3 cm³/mol. The predicted octanol–water partition coefficient (Wildman–Crippen LogP) is 2.12. The summed E-state index contributed by atoms with van der Waals surface area (Å²) in [7, 11) is 1.72. The summed E-state index contributed by atoms with van der Waals surface area (Å²) >= 11 is 3.52. The van der Waals surface area contributed by atoms with Gasteiger partial charge in [0.15, 0.2) is 0 Å². The number of ether oxygens (including phenoxy) is 1. The van der Waals surface area contributed by atoms with Gasteiger partial charge in [-0.2, -0.15) is 0 Å². The summed E-state index contributed by atoms with van der Waals surface area (Å²) in [5, 5.41) is 9.42. The normalized spacial score (nSPS) is 24.5. The van der Waals surface area contributed by atoms with Gasteiger partial charge in [0.05, 0.1) is 13.2 Å². The smallest absolute Gasteiger partial charge is 0.125 e. The molecule has 1 aromatic rings. The maximum absolute atomic E-state index is 9.42. The molecule has 4 heteroatoms. The number of aliphatic hydroxyl groups excluding tert-OH is 1. The highest BCUT2D eigenvalue weighted by atomic mass is 79.9. The Morgan fingerprint density at radius 2 is 2.18 bits per heavy atom. The summed E-state index contributed by atoms with van der Waals surface area (Å²) < 4.78 is 6.58. The Hall–Kier alpha value is -0.580. The van der Waals surface area contributed by atoms with Crippen molar-refractivity contribution in [2.24, 2.45) is 0 Å². The molecule has 1 aliphatic heterocycles. The number of aliphatic hydroxyl groups is 1. The van der Waals surface area contributed by atoms with Crippen molar-refractivity contribution in [2.45, 2.75) is 25.0 Å². The van der Waals surface area contributed by atoms with E-state index in [0.29, 0.717) is 6.04 Å². The molecule has 1 aromatic carbocycles. The summed E-state index contributed by atoms with van der Waals surface area (Å²) in [5.74, 6) is 0.971. The second kappa shape index (κ2) is 4.26. The zero-order chi connectivity index (χ0) is 12.0. The van der Waals surface area contributed by atoms with Gasteiger partial charge in [0.1, 0.15) is 5.75 Å². The van der Waals surface area contributed by atoms with Crippen molar-refractivity contribution in [3.63, 3.8) is 0 Å². The molecular formula is C13H16BrNO2. The second-order valence-electron chi connectivity index (χ2n) is 4.84. The molecule has 1 aliphatic carbocycles. The maximum atomic E-state index is 9.42. The van der Waals surface area contributed by atoms with Gasteiger partial charge in [-0.1, -0.05) is 15.9 Å². The number of β-amino-alcohol motifs (C(OH)–C–C–N with tert-alkyl or cyclic N) is 1. The van der Waals surface area contributed by atoms with E-state index in [2.05, 4.69) is 26.9 Å². The van der Waals surface area contributed by atoms with Crippen molar-refractivity contribution in [2.75, 3.05) is 20.2 Å². The molecular weight excluding hydrogens is 282 g/mol. The van der Waals surface area contributed by atoms with Crippen LogP contribution in [0.1, 0.15) is 23.6 Å². The third kappa shape index (κ3) is 1.88. The molecule has 1 saturated heterocycles. The zero-order valence-electron chi connectivity index (χ0n) is 9.82. The molecule has 0 saturated carbocycles. The fourth-order valence-corrected chi connectivity index (χ4v) is 3.43. The molecule has 3 nitrogen and oxygen atoms in total. The van der Waals surface area contributed by atoms with Crippen molar-refractivity contribution in [1.29, 1.82) is 0 Å². The first-order chi connectivity index (χ1) is 8.19. The summed E-state index contributed by atoms with van der Waals surface area (Å²) in [6, 6.07) is 4.65. The van der Waals surface area contributed by atoms with E-state index in [4.69, 9.17) is 4.74 Å². The molecule has 0 aromatic heterocycles. The number of methoxy groups -OCH3 is 1. The van der Waals surface area contributed by atoms with E-state index in [0.717, 1.165) is 36.2 Å². The number of hydrogen-bond donors (Lipinski definition) is 1. The first-order valence-electron chi connectivity index (χ1n) is 5.97. The lowest BCUT2D eigenvalue weighted by atomic mass is 10.0. The Bertz CT molecular complexity index is 443. The van der Waals surface area contributed by atoms with Gasteiger partial charge in [-0.15, -0.1) is 0 Å². The van der Waals surface area contributed by atoms with Crippen molar-refractivity contribution in [3.8, 4) is 5.75 Å². The third-order valence-corrected chi connectivity index (χ3v) is 4.22. The van der Waals surface area contributed by atoms with Gasteiger partial charge in [0, 0.05) is 29.2 Å². The van der Waals surface area contributed by atoms with Gasteiger partial charge in [0.2, 0.25) is 0 Å². The number of rotatable bonds is 2. The van der Waals surface area contributed by atoms with Gasteiger partial charge in [-0.3, -0.25) is 4.90 Å². The van der Waals surface area contributed by atoms with Crippen LogP contribution in [0.2, 0.25) is 0 Å². The lowest BCUT2D eigenvalue weighted by Gasteiger charge is -2.41. The number of likely N-dealkylation sites (tertiary alicyclic amines) is 1. The zero-order valence-corrected chi connectivity index (χ0v) is 11.4. The Morgan fingerprint density at radius 3 is 2.82 bits per heavy atom. The summed E-state index contributed by atoms with van der Waals surface area (Å²) in [6.45, 7) is 1.59. The van der Waals surface area contributed by atoms with Crippen LogP contribution in [0.3, 0.4) is 0 Å². The Labute approximate surface area is 110 Å². The highest BCUT2D eigenvalue weighted by molar-refractivity contribution is 9.10. The van der Waals surface area contributed by atoms with Crippen molar-refractivity contribution in [1.82, 2.24) is 4.90 Å². The monoisotopic (exact) mass is 297 g/mol. The third-order valence-electron chi connectivity index (χ3n) is 3.76. The molecule has 1 N–H and O–H groups in total. The summed E-state index contributed by atoms with van der Waals surface area (Å²) in [6.07, 6.45) is 2.09. The lowest BCUT2D eigenvalue weighted by Crippen LogP contribution is -2.51. The molecule has 17 heavy (non-hydrogen) atoms. The summed E-state index contributed by atoms with van der Waals surface area (Å²) in [5.41, 5.74) is 2.70. The van der Waals surface area contributed by atoms with Crippen LogP contribution in [0.5, 0.6) is 5.75 Å². The number of hydrogen-bond acceptors (Lipinski definition) is 3. The highest BCUT2D eigenvalue weighted by Gasteiger charge is 2.37. The van der Waals surface area contributed by atoms with E-state index in [-0.39, 0.29) is 6.10 Å². The molecule has 0 spiro atoms. The van der Waals surface area contributed by atoms with Gasteiger partial charge in [-0.05, 0) is 30.5 Å². The molecule has 2 aliphatic rings. The van der Waals surface area contributed by atoms with E-state index in [1.165, 1.54) is 11.1 Å². The van der Waals surface area contributed by atoms with Crippen molar-refractivity contribution < 1.29 is 9.84 Å². The van der Waals surface area contributed by atoms with Gasteiger partial charge < -0.3 is 9.84 Å². The number of nitrogens with zero attached hydrogens (tertiary/aromatic N) is 1. The quantitative estimate of drug-likeness (QED) is 0.908. The number of halogens is 1. The number of aryl methyl sites for hydroxylation is 1. The SMILES string of the molecule is COc1cc(Br)cc2c1[C@H](N1CC(O)C1)CC2. The first-order valence-corrected chi connectivity index (χ1v) is 6.76. The van der Waals surface area contributed by atoms with Crippen molar-refractivity contribution >= 4 is 15.9 Å². The minimum absolute atomic E-state index is 0.138. The van der Waals surface area contributed by atoms with E-state index < -0.39 is 0 Å². The average Bonchev–Trinajstić information content (AvgIpc) is 2.67. The van der Waals surface area contributed by atoms with Crippen LogP contribution in [0.25, 0.3) is 0 Å². The van der Waals surface area contributed by atoms with Gasteiger partial charge in [-0.25, -0.2) is 0 Å². The van der Waals surface area contributed by atoms with Crippen LogP contribution in [0.4, 0.5) is 0 Å². The molecule has 0 unspecified atom stereocenters. The van der Waals surface area contributed by atoms with Crippen LogP contribution in [0.15, 0.2) is 16.6 Å². The molecule has 0 amide bonds. The van der Waals surface area contributed by atoms with E-state index >= 15 is 0 Å². The van der Waals surface area contributed by atoms with Crippen LogP contribution in [-0.4, -0.2) is 36.3 Å².